The standard InChI is InChI=1S/C27H25FN2O5/c1-2-30(12-11-25(31)32)26(33)17-13-18(28)15-19(14-17)29-27(34)35-16-24-22-9-5-3-7-20(22)21-8-4-6-10-23(21)24/h3-10,13-15,24H,2,11-12,16H2,1H3,(H,29,34)(H,31,32). The molecule has 1 aliphatic carbocycles. The Bertz CT molecular complexity index is 1230. The molecule has 3 aromatic rings. The highest BCUT2D eigenvalue weighted by atomic mass is 19.1. The summed E-state index contributed by atoms with van der Waals surface area (Å²) >= 11 is 0. The quantitative estimate of drug-likeness (QED) is 0.470. The zero-order chi connectivity index (χ0) is 24.9. The van der Waals surface area contributed by atoms with Crippen LogP contribution in [0.25, 0.3) is 11.1 Å². The van der Waals surface area contributed by atoms with E-state index in [9.17, 15) is 18.8 Å². The molecule has 180 valence electrons. The van der Waals surface area contributed by atoms with Gasteiger partial charge in [-0.3, -0.25) is 14.9 Å². The summed E-state index contributed by atoms with van der Waals surface area (Å²) in [4.78, 5) is 37.4. The first-order valence-corrected chi connectivity index (χ1v) is 11.3. The Morgan fingerprint density at radius 2 is 1.63 bits per heavy atom. The van der Waals surface area contributed by atoms with Crippen molar-refractivity contribution < 1.29 is 28.6 Å². The number of fused-ring (bicyclic) bond motifs is 3. The number of carbonyl (C=O) groups is 3. The average Bonchev–Trinajstić information content (AvgIpc) is 3.16. The molecular weight excluding hydrogens is 451 g/mol. The first-order chi connectivity index (χ1) is 16.9. The number of halogens is 1. The molecule has 0 aliphatic heterocycles. The fourth-order valence-electron chi connectivity index (χ4n) is 4.35. The molecule has 8 heteroatoms. The molecule has 0 atom stereocenters. The van der Waals surface area contributed by atoms with Crippen LogP contribution in [0.1, 0.15) is 40.7 Å². The van der Waals surface area contributed by atoms with Crippen LogP contribution in [0.15, 0.2) is 66.7 Å². The number of amides is 2. The summed E-state index contributed by atoms with van der Waals surface area (Å²) < 4.78 is 19.7. The molecule has 0 radical (unpaired) electrons. The summed E-state index contributed by atoms with van der Waals surface area (Å²) in [5, 5.41) is 11.4. The Balaban J connectivity index is 1.44. The topological polar surface area (TPSA) is 95.9 Å². The first-order valence-electron chi connectivity index (χ1n) is 11.3. The molecule has 0 aromatic heterocycles. The molecule has 3 aromatic carbocycles. The predicted molar refractivity (Wildman–Crippen MR) is 129 cm³/mol. The van der Waals surface area contributed by atoms with Gasteiger partial charge >= 0.3 is 12.1 Å². The number of carboxylic acids is 1. The fraction of sp³-hybridized carbons (Fsp3) is 0.222. The van der Waals surface area contributed by atoms with Gasteiger partial charge in [0.2, 0.25) is 0 Å². The highest BCUT2D eigenvalue weighted by Gasteiger charge is 2.29. The minimum absolute atomic E-state index is 0.00365. The van der Waals surface area contributed by atoms with Crippen LogP contribution >= 0.6 is 0 Å². The Morgan fingerprint density at radius 3 is 2.23 bits per heavy atom. The number of nitrogens with zero attached hydrogens (tertiary/aromatic N) is 1. The Labute approximate surface area is 202 Å². The van der Waals surface area contributed by atoms with Crippen molar-refractivity contribution in [2.75, 3.05) is 25.0 Å². The van der Waals surface area contributed by atoms with Gasteiger partial charge in [0.25, 0.3) is 5.91 Å². The van der Waals surface area contributed by atoms with Crippen LogP contribution in [0.2, 0.25) is 0 Å². The lowest BCUT2D eigenvalue weighted by Crippen LogP contribution is -2.33. The summed E-state index contributed by atoms with van der Waals surface area (Å²) in [5.74, 6) is -2.39. The maximum absolute atomic E-state index is 14.2. The highest BCUT2D eigenvalue weighted by Crippen LogP contribution is 2.44. The Morgan fingerprint density at radius 1 is 1.00 bits per heavy atom. The van der Waals surface area contributed by atoms with Crippen LogP contribution in [-0.4, -0.2) is 47.7 Å². The van der Waals surface area contributed by atoms with Gasteiger partial charge in [0.05, 0.1) is 6.42 Å². The van der Waals surface area contributed by atoms with E-state index >= 15 is 0 Å². The lowest BCUT2D eigenvalue weighted by Gasteiger charge is -2.20. The van der Waals surface area contributed by atoms with Gasteiger partial charge in [-0.15, -0.1) is 0 Å². The molecule has 0 fully saturated rings. The number of nitrogens with one attached hydrogen (secondary N) is 1. The molecule has 2 N–H and O–H groups in total. The van der Waals surface area contributed by atoms with Gasteiger partial charge in [-0.2, -0.15) is 0 Å². The first kappa shape index (κ1) is 23.9. The van der Waals surface area contributed by atoms with Crippen molar-refractivity contribution in [1.29, 1.82) is 0 Å². The molecule has 35 heavy (non-hydrogen) atoms. The maximum atomic E-state index is 14.2. The predicted octanol–water partition coefficient (Wildman–Crippen LogP) is 5.12. The van der Waals surface area contributed by atoms with Gasteiger partial charge in [0.1, 0.15) is 12.4 Å². The normalized spacial score (nSPS) is 11.9. The minimum Gasteiger partial charge on any atom is -0.481 e. The number of carbonyl (C=O) groups excluding carboxylic acids is 2. The van der Waals surface area contributed by atoms with Gasteiger partial charge in [-0.25, -0.2) is 9.18 Å². The van der Waals surface area contributed by atoms with E-state index in [1.807, 2.05) is 48.5 Å². The molecule has 7 nitrogen and oxygen atoms in total. The second kappa shape index (κ2) is 10.4. The number of carboxylic acid groups (broad SMARTS) is 1. The molecule has 1 aliphatic rings. The van der Waals surface area contributed by atoms with Crippen LogP contribution in [0.3, 0.4) is 0 Å². The molecular formula is C27H25FN2O5. The van der Waals surface area contributed by atoms with Crippen LogP contribution in [0.4, 0.5) is 14.9 Å². The summed E-state index contributed by atoms with van der Waals surface area (Å²) in [5.41, 5.74) is 4.43. The molecule has 2 amide bonds. The second-order valence-corrected chi connectivity index (χ2v) is 8.21. The second-order valence-electron chi connectivity index (χ2n) is 8.21. The molecule has 0 saturated carbocycles. The van der Waals surface area contributed by atoms with E-state index in [1.165, 1.54) is 11.0 Å². The lowest BCUT2D eigenvalue weighted by molar-refractivity contribution is -0.137. The average molecular weight is 477 g/mol. The van der Waals surface area contributed by atoms with Crippen molar-refractivity contribution in [2.45, 2.75) is 19.3 Å². The Hall–Kier alpha value is -4.20. The minimum atomic E-state index is -1.03. The van der Waals surface area contributed by atoms with E-state index in [4.69, 9.17) is 9.84 Å². The summed E-state index contributed by atoms with van der Waals surface area (Å²) in [6.45, 7) is 2.06. The third-order valence-electron chi connectivity index (χ3n) is 6.00. The van der Waals surface area contributed by atoms with Gasteiger partial charge in [0.15, 0.2) is 0 Å². The molecule has 0 heterocycles. The fourth-order valence-corrected chi connectivity index (χ4v) is 4.35. The van der Waals surface area contributed by atoms with Gasteiger partial charge in [0, 0.05) is 30.3 Å². The molecule has 0 saturated heterocycles. The Kier molecular flexibility index (Phi) is 7.10. The molecule has 0 unspecified atom stereocenters. The van der Waals surface area contributed by atoms with Crippen LogP contribution in [0, 0.1) is 5.82 Å². The third-order valence-corrected chi connectivity index (χ3v) is 6.00. The zero-order valence-corrected chi connectivity index (χ0v) is 19.2. The number of rotatable bonds is 8. The van der Waals surface area contributed by atoms with Crippen molar-refractivity contribution in [1.82, 2.24) is 4.90 Å². The smallest absolute Gasteiger partial charge is 0.411 e. The van der Waals surface area contributed by atoms with Gasteiger partial charge in [-0.1, -0.05) is 48.5 Å². The van der Waals surface area contributed by atoms with Crippen LogP contribution < -0.4 is 5.32 Å². The highest BCUT2D eigenvalue weighted by molar-refractivity contribution is 5.96. The number of benzene rings is 3. The van der Waals surface area contributed by atoms with E-state index in [1.54, 1.807) is 6.92 Å². The van der Waals surface area contributed by atoms with Crippen molar-refractivity contribution >= 4 is 23.7 Å². The van der Waals surface area contributed by atoms with E-state index in [-0.39, 0.29) is 43.3 Å². The van der Waals surface area contributed by atoms with E-state index in [2.05, 4.69) is 5.32 Å². The molecule has 0 bridgehead atoms. The zero-order valence-electron chi connectivity index (χ0n) is 19.2. The van der Waals surface area contributed by atoms with Crippen molar-refractivity contribution in [3.63, 3.8) is 0 Å². The number of hydrogen-bond donors (Lipinski definition) is 2. The summed E-state index contributed by atoms with van der Waals surface area (Å²) in [7, 11) is 0. The van der Waals surface area contributed by atoms with Crippen molar-refractivity contribution in [3.05, 3.63) is 89.2 Å². The van der Waals surface area contributed by atoms with E-state index in [0.29, 0.717) is 0 Å². The summed E-state index contributed by atoms with van der Waals surface area (Å²) in [6.07, 6.45) is -0.992. The maximum Gasteiger partial charge on any atom is 0.411 e. The van der Waals surface area contributed by atoms with Crippen molar-refractivity contribution in [3.8, 4) is 11.1 Å². The number of aliphatic carboxylic acids is 1. The molecule has 0 spiro atoms. The lowest BCUT2D eigenvalue weighted by atomic mass is 9.98. The van der Waals surface area contributed by atoms with Crippen LogP contribution in [-0.2, 0) is 9.53 Å². The monoisotopic (exact) mass is 476 g/mol. The van der Waals surface area contributed by atoms with Gasteiger partial charge < -0.3 is 14.7 Å². The summed E-state index contributed by atoms with van der Waals surface area (Å²) in [6, 6.07) is 19.4. The third kappa shape index (κ3) is 5.32. The van der Waals surface area contributed by atoms with Crippen molar-refractivity contribution in [2.24, 2.45) is 0 Å². The number of anilines is 1. The number of ether oxygens (including phenoxy) is 1. The largest absolute Gasteiger partial charge is 0.481 e. The number of hydrogen-bond acceptors (Lipinski definition) is 4. The van der Waals surface area contributed by atoms with E-state index in [0.717, 1.165) is 34.4 Å². The SMILES string of the molecule is CCN(CCC(=O)O)C(=O)c1cc(F)cc(NC(=O)OCC2c3ccccc3-c3ccccc32)c1. The molecule has 4 rings (SSSR count). The van der Waals surface area contributed by atoms with E-state index < -0.39 is 23.8 Å². The van der Waals surface area contributed by atoms with Crippen LogP contribution in [0.5, 0.6) is 0 Å². The van der Waals surface area contributed by atoms with Gasteiger partial charge in [-0.05, 0) is 47.4 Å².